The van der Waals surface area contributed by atoms with Gasteiger partial charge in [0.1, 0.15) is 27.6 Å². The zero-order chi connectivity index (χ0) is 17.2. The SMILES string of the molecule is O=C(c1cnc(-c2ccsc2)s1)N1CCC(Oc2cccc(F)c2)C1. The highest BCUT2D eigenvalue weighted by Gasteiger charge is 2.29. The molecule has 0 bridgehead atoms. The number of aromatic nitrogens is 1. The van der Waals surface area contributed by atoms with E-state index in [1.54, 1.807) is 34.6 Å². The number of carbonyl (C=O) groups is 1. The lowest BCUT2D eigenvalue weighted by Gasteiger charge is -2.16. The predicted octanol–water partition coefficient (Wildman–Crippen LogP) is 4.30. The fourth-order valence-corrected chi connectivity index (χ4v) is 4.39. The first-order valence-corrected chi connectivity index (χ1v) is 9.65. The van der Waals surface area contributed by atoms with Crippen LogP contribution in [-0.2, 0) is 0 Å². The minimum absolute atomic E-state index is 0.0238. The summed E-state index contributed by atoms with van der Waals surface area (Å²) in [6, 6.07) is 8.08. The van der Waals surface area contributed by atoms with Gasteiger partial charge in [-0.25, -0.2) is 9.37 Å². The van der Waals surface area contributed by atoms with Gasteiger partial charge in [-0.3, -0.25) is 4.79 Å². The lowest BCUT2D eigenvalue weighted by Crippen LogP contribution is -2.30. The Balaban J connectivity index is 1.40. The summed E-state index contributed by atoms with van der Waals surface area (Å²) in [7, 11) is 0. The van der Waals surface area contributed by atoms with E-state index in [9.17, 15) is 9.18 Å². The lowest BCUT2D eigenvalue weighted by atomic mass is 10.3. The van der Waals surface area contributed by atoms with Crippen molar-refractivity contribution in [3.05, 3.63) is 58.0 Å². The van der Waals surface area contributed by atoms with E-state index in [1.807, 2.05) is 16.8 Å². The average Bonchev–Trinajstić information content (AvgIpc) is 3.35. The first-order valence-electron chi connectivity index (χ1n) is 7.89. The molecule has 3 heterocycles. The molecule has 0 saturated carbocycles. The summed E-state index contributed by atoms with van der Waals surface area (Å²) < 4.78 is 19.0. The zero-order valence-electron chi connectivity index (χ0n) is 13.2. The minimum Gasteiger partial charge on any atom is -0.488 e. The third kappa shape index (κ3) is 3.57. The maximum atomic E-state index is 13.2. The molecule has 2 aromatic heterocycles. The van der Waals surface area contributed by atoms with Crippen LogP contribution >= 0.6 is 22.7 Å². The van der Waals surface area contributed by atoms with E-state index < -0.39 is 0 Å². The quantitative estimate of drug-likeness (QED) is 0.684. The Hall–Kier alpha value is -2.25. The molecule has 4 rings (SSSR count). The molecule has 25 heavy (non-hydrogen) atoms. The van der Waals surface area contributed by atoms with Crippen LogP contribution in [0.15, 0.2) is 47.3 Å². The predicted molar refractivity (Wildman–Crippen MR) is 96.8 cm³/mol. The fraction of sp³-hybridized carbons (Fsp3) is 0.222. The van der Waals surface area contributed by atoms with Crippen molar-refractivity contribution in [2.45, 2.75) is 12.5 Å². The van der Waals surface area contributed by atoms with Crippen LogP contribution in [-0.4, -0.2) is 35.0 Å². The topological polar surface area (TPSA) is 42.4 Å². The van der Waals surface area contributed by atoms with Crippen LogP contribution in [0.5, 0.6) is 5.75 Å². The molecule has 0 radical (unpaired) electrons. The van der Waals surface area contributed by atoms with Gasteiger partial charge in [-0.1, -0.05) is 6.07 Å². The molecule has 3 aromatic rings. The molecule has 1 unspecified atom stereocenters. The molecule has 1 aliphatic rings. The number of likely N-dealkylation sites (tertiary alicyclic amines) is 1. The Bertz CT molecular complexity index is 879. The summed E-state index contributed by atoms with van der Waals surface area (Å²) in [5, 5.41) is 4.87. The number of ether oxygens (including phenoxy) is 1. The van der Waals surface area contributed by atoms with Crippen LogP contribution in [0.4, 0.5) is 4.39 Å². The Labute approximate surface area is 152 Å². The summed E-state index contributed by atoms with van der Waals surface area (Å²) in [4.78, 5) is 19.4. The third-order valence-corrected chi connectivity index (χ3v) is 5.73. The van der Waals surface area contributed by atoms with Crippen molar-refractivity contribution in [2.24, 2.45) is 0 Å². The molecular formula is C18H15FN2O2S2. The fourth-order valence-electron chi connectivity index (χ4n) is 2.79. The van der Waals surface area contributed by atoms with Crippen molar-refractivity contribution in [2.75, 3.05) is 13.1 Å². The highest BCUT2D eigenvalue weighted by atomic mass is 32.1. The Morgan fingerprint density at radius 3 is 3.08 bits per heavy atom. The second kappa shape index (κ2) is 6.93. The number of halogens is 1. The third-order valence-electron chi connectivity index (χ3n) is 4.02. The molecule has 1 amide bonds. The molecular weight excluding hydrogens is 359 g/mol. The van der Waals surface area contributed by atoms with E-state index >= 15 is 0 Å². The number of benzene rings is 1. The van der Waals surface area contributed by atoms with Gasteiger partial charge in [0, 0.05) is 30.0 Å². The number of amides is 1. The Morgan fingerprint density at radius 2 is 2.28 bits per heavy atom. The van der Waals surface area contributed by atoms with Gasteiger partial charge in [-0.05, 0) is 23.6 Å². The number of hydrogen-bond donors (Lipinski definition) is 0. The van der Waals surface area contributed by atoms with Gasteiger partial charge < -0.3 is 9.64 Å². The van der Waals surface area contributed by atoms with Crippen molar-refractivity contribution in [3.63, 3.8) is 0 Å². The monoisotopic (exact) mass is 374 g/mol. The summed E-state index contributed by atoms with van der Waals surface area (Å²) >= 11 is 3.01. The molecule has 4 nitrogen and oxygen atoms in total. The molecule has 0 spiro atoms. The highest BCUT2D eigenvalue weighted by molar-refractivity contribution is 7.17. The van der Waals surface area contributed by atoms with Gasteiger partial charge in [0.2, 0.25) is 0 Å². The smallest absolute Gasteiger partial charge is 0.265 e. The number of thiazole rings is 1. The van der Waals surface area contributed by atoms with Crippen LogP contribution in [0.2, 0.25) is 0 Å². The van der Waals surface area contributed by atoms with E-state index in [1.165, 1.54) is 23.5 Å². The van der Waals surface area contributed by atoms with E-state index in [0.29, 0.717) is 23.7 Å². The van der Waals surface area contributed by atoms with Gasteiger partial charge in [0.25, 0.3) is 5.91 Å². The lowest BCUT2D eigenvalue weighted by molar-refractivity contribution is 0.0777. The Morgan fingerprint density at radius 1 is 1.36 bits per heavy atom. The number of hydrogen-bond acceptors (Lipinski definition) is 5. The maximum absolute atomic E-state index is 13.2. The molecule has 7 heteroatoms. The van der Waals surface area contributed by atoms with Gasteiger partial charge in [-0.15, -0.1) is 11.3 Å². The van der Waals surface area contributed by atoms with Crippen molar-refractivity contribution in [1.82, 2.24) is 9.88 Å². The largest absolute Gasteiger partial charge is 0.488 e. The summed E-state index contributed by atoms with van der Waals surface area (Å²) in [6.45, 7) is 1.13. The average molecular weight is 374 g/mol. The van der Waals surface area contributed by atoms with E-state index in [2.05, 4.69) is 4.98 Å². The molecule has 1 atom stereocenters. The number of rotatable bonds is 4. The molecule has 0 N–H and O–H groups in total. The molecule has 0 aliphatic carbocycles. The van der Waals surface area contributed by atoms with Gasteiger partial charge in [0.15, 0.2) is 0 Å². The van der Waals surface area contributed by atoms with Crippen LogP contribution in [0, 0.1) is 5.82 Å². The van der Waals surface area contributed by atoms with Crippen LogP contribution in [0.3, 0.4) is 0 Å². The number of carbonyl (C=O) groups excluding carboxylic acids is 1. The van der Waals surface area contributed by atoms with Gasteiger partial charge in [-0.2, -0.15) is 11.3 Å². The molecule has 1 fully saturated rings. The Kier molecular flexibility index (Phi) is 4.50. The summed E-state index contributed by atoms with van der Waals surface area (Å²) in [5.41, 5.74) is 1.04. The highest BCUT2D eigenvalue weighted by Crippen LogP contribution is 2.28. The summed E-state index contributed by atoms with van der Waals surface area (Å²) in [6.07, 6.45) is 2.26. The maximum Gasteiger partial charge on any atom is 0.265 e. The standard InChI is InChI=1S/C18H15FN2O2S2/c19-13-2-1-3-14(8-13)23-15-4-6-21(10-15)18(22)16-9-20-17(25-16)12-5-7-24-11-12/h1-3,5,7-9,11,15H,4,6,10H2. The van der Waals surface area contributed by atoms with E-state index in [0.717, 1.165) is 17.0 Å². The number of thiophene rings is 1. The van der Waals surface area contributed by atoms with Gasteiger partial charge >= 0.3 is 0 Å². The van der Waals surface area contributed by atoms with Crippen LogP contribution in [0.1, 0.15) is 16.1 Å². The van der Waals surface area contributed by atoms with Crippen molar-refractivity contribution >= 4 is 28.6 Å². The second-order valence-electron chi connectivity index (χ2n) is 5.78. The van der Waals surface area contributed by atoms with Crippen molar-refractivity contribution in [1.29, 1.82) is 0 Å². The molecule has 1 aromatic carbocycles. The van der Waals surface area contributed by atoms with E-state index in [-0.39, 0.29) is 17.8 Å². The molecule has 1 aliphatic heterocycles. The minimum atomic E-state index is -0.325. The summed E-state index contributed by atoms with van der Waals surface area (Å²) in [5.74, 6) is 0.148. The van der Waals surface area contributed by atoms with Crippen molar-refractivity contribution < 1.29 is 13.9 Å². The first-order chi connectivity index (χ1) is 12.2. The number of nitrogens with zero attached hydrogens (tertiary/aromatic N) is 2. The second-order valence-corrected chi connectivity index (χ2v) is 7.59. The molecule has 1 saturated heterocycles. The van der Waals surface area contributed by atoms with Gasteiger partial charge in [0.05, 0.1) is 12.7 Å². The van der Waals surface area contributed by atoms with E-state index in [4.69, 9.17) is 4.74 Å². The van der Waals surface area contributed by atoms with Crippen LogP contribution in [0.25, 0.3) is 10.6 Å². The zero-order valence-corrected chi connectivity index (χ0v) is 14.9. The van der Waals surface area contributed by atoms with Crippen molar-refractivity contribution in [3.8, 4) is 16.3 Å². The normalized spacial score (nSPS) is 17.0. The molecule has 128 valence electrons. The van der Waals surface area contributed by atoms with Crippen LogP contribution < -0.4 is 4.74 Å². The first kappa shape index (κ1) is 16.2.